The molecule has 2 rings (SSSR count). The Labute approximate surface area is 128 Å². The van der Waals surface area contributed by atoms with Crippen molar-refractivity contribution in [3.05, 3.63) is 40.0 Å². The quantitative estimate of drug-likeness (QED) is 0.827. The van der Waals surface area contributed by atoms with Crippen molar-refractivity contribution >= 4 is 15.9 Å². The molecule has 1 N–H and O–H groups in total. The van der Waals surface area contributed by atoms with E-state index in [-0.39, 0.29) is 6.04 Å². The Morgan fingerprint density at radius 1 is 1.40 bits per heavy atom. The number of hydrogen-bond donors (Lipinski definition) is 1. The summed E-state index contributed by atoms with van der Waals surface area (Å²) < 4.78 is 8.79. The molecule has 2 heterocycles. The van der Waals surface area contributed by atoms with Crippen LogP contribution >= 0.6 is 15.9 Å². The number of nitrogens with zero attached hydrogens (tertiary/aromatic N) is 2. The van der Waals surface area contributed by atoms with Gasteiger partial charge in [0.05, 0.1) is 22.6 Å². The predicted octanol–water partition coefficient (Wildman–Crippen LogP) is 4.05. The molecular formula is C15H22BrN3O. The minimum absolute atomic E-state index is 0.0355. The lowest BCUT2D eigenvalue weighted by molar-refractivity contribution is 0.420. The molecule has 1 unspecified atom stereocenters. The molecule has 1 atom stereocenters. The second-order valence-corrected chi connectivity index (χ2v) is 5.81. The number of nitrogens with one attached hydrogen (secondary N) is 1. The van der Waals surface area contributed by atoms with Gasteiger partial charge in [-0.15, -0.1) is 0 Å². The first kappa shape index (κ1) is 15.3. The number of aromatic nitrogens is 2. The van der Waals surface area contributed by atoms with Gasteiger partial charge in [0.1, 0.15) is 11.8 Å². The second-order valence-electron chi connectivity index (χ2n) is 4.96. The van der Waals surface area contributed by atoms with Crippen LogP contribution in [0.1, 0.15) is 49.7 Å². The van der Waals surface area contributed by atoms with Gasteiger partial charge in [0.2, 0.25) is 0 Å². The molecule has 0 aliphatic heterocycles. The van der Waals surface area contributed by atoms with Crippen LogP contribution in [-0.4, -0.2) is 16.3 Å². The third kappa shape index (κ3) is 3.15. The fourth-order valence-electron chi connectivity index (χ4n) is 2.33. The van der Waals surface area contributed by atoms with E-state index in [2.05, 4.69) is 51.8 Å². The smallest absolute Gasteiger partial charge is 0.129 e. The number of aryl methyl sites for hydroxylation is 2. The predicted molar refractivity (Wildman–Crippen MR) is 83.8 cm³/mol. The lowest BCUT2D eigenvalue weighted by Crippen LogP contribution is -2.26. The third-order valence-electron chi connectivity index (χ3n) is 3.30. The monoisotopic (exact) mass is 339 g/mol. The summed E-state index contributed by atoms with van der Waals surface area (Å²) in [5.41, 5.74) is 2.30. The Balaban J connectivity index is 2.41. The Morgan fingerprint density at radius 2 is 2.20 bits per heavy atom. The van der Waals surface area contributed by atoms with E-state index < -0.39 is 0 Å². The van der Waals surface area contributed by atoms with Gasteiger partial charge in [0.25, 0.3) is 0 Å². The summed E-state index contributed by atoms with van der Waals surface area (Å²) in [6.45, 7) is 8.25. The van der Waals surface area contributed by atoms with Crippen LogP contribution in [0.25, 0.3) is 0 Å². The van der Waals surface area contributed by atoms with Crippen molar-refractivity contribution in [3.8, 4) is 0 Å². The molecule has 0 aliphatic carbocycles. The zero-order chi connectivity index (χ0) is 14.5. The molecule has 20 heavy (non-hydrogen) atoms. The molecule has 0 amide bonds. The maximum Gasteiger partial charge on any atom is 0.129 e. The second kappa shape index (κ2) is 7.09. The molecule has 110 valence electrons. The van der Waals surface area contributed by atoms with Gasteiger partial charge in [0, 0.05) is 6.54 Å². The molecule has 0 bridgehead atoms. The average Bonchev–Trinajstić information content (AvgIpc) is 3.00. The van der Waals surface area contributed by atoms with Crippen LogP contribution in [0, 0.1) is 6.92 Å². The first-order chi connectivity index (χ1) is 9.69. The van der Waals surface area contributed by atoms with Gasteiger partial charge in [-0.1, -0.05) is 13.8 Å². The zero-order valence-electron chi connectivity index (χ0n) is 12.3. The molecule has 4 nitrogen and oxygen atoms in total. The minimum Gasteiger partial charge on any atom is -0.467 e. The van der Waals surface area contributed by atoms with E-state index in [1.54, 1.807) is 6.26 Å². The van der Waals surface area contributed by atoms with Gasteiger partial charge in [-0.05, 0) is 53.9 Å². The van der Waals surface area contributed by atoms with Crippen molar-refractivity contribution in [1.82, 2.24) is 15.1 Å². The van der Waals surface area contributed by atoms with Gasteiger partial charge in [-0.25, -0.2) is 0 Å². The molecule has 0 radical (unpaired) electrons. The first-order valence-electron chi connectivity index (χ1n) is 7.17. The zero-order valence-corrected chi connectivity index (χ0v) is 13.9. The number of halogens is 1. The molecule has 0 aromatic carbocycles. The topological polar surface area (TPSA) is 43.0 Å². The molecule has 0 saturated heterocycles. The Bertz CT molecular complexity index is 547. The van der Waals surface area contributed by atoms with E-state index >= 15 is 0 Å². The summed E-state index contributed by atoms with van der Waals surface area (Å²) in [6.07, 6.45) is 5.75. The number of rotatable bonds is 7. The molecular weight excluding hydrogens is 318 g/mol. The fraction of sp³-hybridized carbons (Fsp3) is 0.533. The summed E-state index contributed by atoms with van der Waals surface area (Å²) >= 11 is 3.62. The summed E-state index contributed by atoms with van der Waals surface area (Å²) in [7, 11) is 0. The van der Waals surface area contributed by atoms with E-state index in [1.165, 1.54) is 0 Å². The highest BCUT2D eigenvalue weighted by molar-refractivity contribution is 9.10. The van der Waals surface area contributed by atoms with Crippen molar-refractivity contribution in [2.75, 3.05) is 6.54 Å². The van der Waals surface area contributed by atoms with Crippen LogP contribution in [0.5, 0.6) is 0 Å². The van der Waals surface area contributed by atoms with Crippen molar-refractivity contribution < 1.29 is 4.42 Å². The van der Waals surface area contributed by atoms with E-state index in [9.17, 15) is 0 Å². The molecule has 0 fully saturated rings. The number of furan rings is 1. The molecule has 0 saturated carbocycles. The fourth-order valence-corrected chi connectivity index (χ4v) is 2.86. The lowest BCUT2D eigenvalue weighted by atomic mass is 10.1. The maximum absolute atomic E-state index is 5.71. The van der Waals surface area contributed by atoms with Crippen LogP contribution in [0.15, 0.2) is 27.4 Å². The summed E-state index contributed by atoms with van der Waals surface area (Å²) in [5.74, 6) is 0.969. The SMILES string of the molecule is CCCNC(c1occc1C)c1c(Br)cnn1CCC. The summed E-state index contributed by atoms with van der Waals surface area (Å²) in [4.78, 5) is 0. The van der Waals surface area contributed by atoms with Crippen LogP contribution < -0.4 is 5.32 Å². The lowest BCUT2D eigenvalue weighted by Gasteiger charge is -2.19. The van der Waals surface area contributed by atoms with Gasteiger partial charge in [-0.3, -0.25) is 4.68 Å². The summed E-state index contributed by atoms with van der Waals surface area (Å²) in [6, 6.07) is 2.04. The van der Waals surface area contributed by atoms with Crippen molar-refractivity contribution in [2.24, 2.45) is 0 Å². The van der Waals surface area contributed by atoms with E-state index in [4.69, 9.17) is 4.42 Å². The minimum atomic E-state index is 0.0355. The molecule has 2 aromatic rings. The highest BCUT2D eigenvalue weighted by Crippen LogP contribution is 2.31. The van der Waals surface area contributed by atoms with Crippen molar-refractivity contribution in [1.29, 1.82) is 0 Å². The maximum atomic E-state index is 5.71. The van der Waals surface area contributed by atoms with Crippen molar-refractivity contribution in [2.45, 2.75) is 46.2 Å². The Kier molecular flexibility index (Phi) is 5.43. The standard InChI is InChI=1S/C15H22BrN3O/c1-4-7-17-13(15-11(3)6-9-20-15)14-12(16)10-18-19(14)8-5-2/h6,9-10,13,17H,4-5,7-8H2,1-3H3. The number of hydrogen-bond acceptors (Lipinski definition) is 3. The average molecular weight is 340 g/mol. The third-order valence-corrected chi connectivity index (χ3v) is 3.92. The largest absolute Gasteiger partial charge is 0.467 e. The van der Waals surface area contributed by atoms with E-state index in [0.717, 1.165) is 47.4 Å². The molecule has 2 aromatic heterocycles. The summed E-state index contributed by atoms with van der Waals surface area (Å²) in [5, 5.41) is 8.03. The molecule has 0 spiro atoms. The Morgan fingerprint density at radius 3 is 2.80 bits per heavy atom. The van der Waals surface area contributed by atoms with E-state index in [0.29, 0.717) is 0 Å². The normalized spacial score (nSPS) is 12.8. The van der Waals surface area contributed by atoms with Crippen molar-refractivity contribution in [3.63, 3.8) is 0 Å². The van der Waals surface area contributed by atoms with Gasteiger partial charge in [-0.2, -0.15) is 5.10 Å². The molecule has 0 aliphatic rings. The van der Waals surface area contributed by atoms with Crippen LogP contribution in [0.2, 0.25) is 0 Å². The highest BCUT2D eigenvalue weighted by atomic mass is 79.9. The van der Waals surface area contributed by atoms with Gasteiger partial charge >= 0.3 is 0 Å². The molecule has 5 heteroatoms. The van der Waals surface area contributed by atoms with Gasteiger partial charge < -0.3 is 9.73 Å². The van der Waals surface area contributed by atoms with Crippen LogP contribution in [-0.2, 0) is 6.54 Å². The first-order valence-corrected chi connectivity index (χ1v) is 7.96. The highest BCUT2D eigenvalue weighted by Gasteiger charge is 2.25. The van der Waals surface area contributed by atoms with Crippen LogP contribution in [0.4, 0.5) is 0 Å². The van der Waals surface area contributed by atoms with Gasteiger partial charge in [0.15, 0.2) is 0 Å². The Hall–Kier alpha value is -1.07. The van der Waals surface area contributed by atoms with E-state index in [1.807, 2.05) is 12.3 Å². The van der Waals surface area contributed by atoms with Crippen LogP contribution in [0.3, 0.4) is 0 Å².